The lowest BCUT2D eigenvalue weighted by molar-refractivity contribution is -0.132. The summed E-state index contributed by atoms with van der Waals surface area (Å²) < 4.78 is 0. The van der Waals surface area contributed by atoms with Crippen molar-refractivity contribution in [1.29, 1.82) is 0 Å². The summed E-state index contributed by atoms with van der Waals surface area (Å²) in [5.41, 5.74) is 0. The number of Topliss-reactive ketones (excluding diaryl/α,β-unsaturated/α-hetero) is 2. The Labute approximate surface area is 67.0 Å². The summed E-state index contributed by atoms with van der Waals surface area (Å²) in [7, 11) is 0. The second kappa shape index (κ2) is 3.65. The van der Waals surface area contributed by atoms with Crippen molar-refractivity contribution >= 4 is 11.6 Å². The Balaban J connectivity index is 2.56. The van der Waals surface area contributed by atoms with Gasteiger partial charge in [0.05, 0.1) is 5.92 Å². The summed E-state index contributed by atoms with van der Waals surface area (Å²) in [6.45, 7) is 1.73. The monoisotopic (exact) mass is 154 g/mol. The Bertz CT molecular complexity index is 154. The van der Waals surface area contributed by atoms with Gasteiger partial charge in [-0.05, 0) is 19.8 Å². The van der Waals surface area contributed by atoms with Gasteiger partial charge in [-0.25, -0.2) is 0 Å². The first-order valence-electron chi connectivity index (χ1n) is 4.27. The summed E-state index contributed by atoms with van der Waals surface area (Å²) in [5.74, 6) is -0.0558. The van der Waals surface area contributed by atoms with Gasteiger partial charge in [0.25, 0.3) is 0 Å². The molecule has 0 amide bonds. The van der Waals surface area contributed by atoms with Gasteiger partial charge in [-0.3, -0.25) is 9.59 Å². The van der Waals surface area contributed by atoms with Gasteiger partial charge in [-0.1, -0.05) is 6.42 Å². The average molecular weight is 154 g/mol. The molecule has 0 aromatic heterocycles. The van der Waals surface area contributed by atoms with E-state index in [-0.39, 0.29) is 17.5 Å². The third kappa shape index (κ3) is 2.14. The molecule has 0 aliphatic heterocycles. The lowest BCUT2D eigenvalue weighted by Crippen LogP contribution is -2.22. The predicted octanol–water partition coefficient (Wildman–Crippen LogP) is 1.72. The van der Waals surface area contributed by atoms with Crippen LogP contribution >= 0.6 is 0 Å². The normalized spacial score (nSPS) is 23.0. The first-order chi connectivity index (χ1) is 5.22. The van der Waals surface area contributed by atoms with Gasteiger partial charge in [-0.2, -0.15) is 0 Å². The van der Waals surface area contributed by atoms with Gasteiger partial charge < -0.3 is 0 Å². The molecule has 2 heteroatoms. The van der Waals surface area contributed by atoms with Crippen molar-refractivity contribution in [1.82, 2.24) is 0 Å². The zero-order valence-corrected chi connectivity index (χ0v) is 6.93. The molecule has 11 heavy (non-hydrogen) atoms. The van der Waals surface area contributed by atoms with Crippen LogP contribution in [0.3, 0.4) is 0 Å². The van der Waals surface area contributed by atoms with Crippen LogP contribution in [0.4, 0.5) is 0 Å². The van der Waals surface area contributed by atoms with Gasteiger partial charge in [0.2, 0.25) is 0 Å². The molecular formula is C9H14O2. The molecule has 0 heterocycles. The fourth-order valence-electron chi connectivity index (χ4n) is 1.39. The Morgan fingerprint density at radius 3 is 1.91 bits per heavy atom. The molecule has 0 spiro atoms. The molecule has 1 fully saturated rings. The smallest absolute Gasteiger partial charge is 0.143 e. The molecule has 1 aliphatic carbocycles. The second-order valence-corrected chi connectivity index (χ2v) is 3.21. The van der Waals surface area contributed by atoms with Crippen LogP contribution in [0.2, 0.25) is 0 Å². The van der Waals surface area contributed by atoms with Crippen molar-refractivity contribution in [3.05, 3.63) is 0 Å². The van der Waals surface area contributed by atoms with Crippen LogP contribution in [-0.4, -0.2) is 11.6 Å². The first-order valence-corrected chi connectivity index (χ1v) is 4.27. The molecule has 0 unspecified atom stereocenters. The van der Waals surface area contributed by atoms with Crippen molar-refractivity contribution in [3.63, 3.8) is 0 Å². The van der Waals surface area contributed by atoms with Crippen LogP contribution in [0.1, 0.15) is 39.0 Å². The summed E-state index contributed by atoms with van der Waals surface area (Å²) in [6, 6.07) is 0. The van der Waals surface area contributed by atoms with E-state index >= 15 is 0 Å². The highest BCUT2D eigenvalue weighted by atomic mass is 16.1. The Kier molecular flexibility index (Phi) is 2.80. The molecule has 0 aromatic carbocycles. The van der Waals surface area contributed by atoms with Gasteiger partial charge in [0, 0.05) is 12.8 Å². The highest BCUT2D eigenvalue weighted by Gasteiger charge is 2.21. The number of carbonyl (C=O) groups is 2. The van der Waals surface area contributed by atoms with E-state index in [1.807, 2.05) is 0 Å². The molecule has 0 atom stereocenters. The number of hydrogen-bond acceptors (Lipinski definition) is 2. The summed E-state index contributed by atoms with van der Waals surface area (Å²) in [6.07, 6.45) is 4.18. The maximum Gasteiger partial charge on any atom is 0.143 e. The lowest BCUT2D eigenvalue weighted by Gasteiger charge is -2.12. The molecular weight excluding hydrogens is 140 g/mol. The molecule has 1 rings (SSSR count). The van der Waals surface area contributed by atoms with Gasteiger partial charge >= 0.3 is 0 Å². The Morgan fingerprint density at radius 1 is 1.00 bits per heavy atom. The highest BCUT2D eigenvalue weighted by Crippen LogP contribution is 2.15. The minimum Gasteiger partial charge on any atom is -0.299 e. The van der Waals surface area contributed by atoms with E-state index in [0.29, 0.717) is 12.8 Å². The molecule has 1 aliphatic rings. The van der Waals surface area contributed by atoms with E-state index in [1.165, 1.54) is 0 Å². The van der Waals surface area contributed by atoms with E-state index in [4.69, 9.17) is 0 Å². The van der Waals surface area contributed by atoms with Crippen LogP contribution in [0.5, 0.6) is 0 Å². The summed E-state index contributed by atoms with van der Waals surface area (Å²) in [5, 5.41) is 0. The van der Waals surface area contributed by atoms with E-state index in [0.717, 1.165) is 19.3 Å². The maximum atomic E-state index is 11.2. The third-order valence-electron chi connectivity index (χ3n) is 2.31. The van der Waals surface area contributed by atoms with E-state index in [1.54, 1.807) is 6.92 Å². The van der Waals surface area contributed by atoms with Crippen LogP contribution in [0.25, 0.3) is 0 Å². The molecule has 0 N–H and O–H groups in total. The summed E-state index contributed by atoms with van der Waals surface area (Å²) >= 11 is 0. The van der Waals surface area contributed by atoms with Gasteiger partial charge in [0.15, 0.2) is 0 Å². The molecule has 2 nitrogen and oxygen atoms in total. The zero-order chi connectivity index (χ0) is 8.27. The van der Waals surface area contributed by atoms with Crippen molar-refractivity contribution in [2.45, 2.75) is 39.0 Å². The number of carbonyl (C=O) groups excluding carboxylic acids is 2. The minimum atomic E-state index is -0.324. The van der Waals surface area contributed by atoms with E-state index in [2.05, 4.69) is 0 Å². The first kappa shape index (κ1) is 8.44. The fourth-order valence-corrected chi connectivity index (χ4v) is 1.39. The average Bonchev–Trinajstić information content (AvgIpc) is 2.00. The number of hydrogen-bond donors (Lipinski definition) is 0. The van der Waals surface area contributed by atoms with Crippen molar-refractivity contribution in [2.75, 3.05) is 0 Å². The number of ketones is 2. The highest BCUT2D eigenvalue weighted by molar-refractivity contribution is 6.02. The van der Waals surface area contributed by atoms with Gasteiger partial charge in [0.1, 0.15) is 11.6 Å². The van der Waals surface area contributed by atoms with Crippen molar-refractivity contribution in [2.24, 2.45) is 5.92 Å². The molecule has 0 radical (unpaired) electrons. The molecule has 0 aromatic rings. The molecule has 0 bridgehead atoms. The van der Waals surface area contributed by atoms with Gasteiger partial charge in [-0.15, -0.1) is 0 Å². The van der Waals surface area contributed by atoms with Crippen LogP contribution < -0.4 is 0 Å². The maximum absolute atomic E-state index is 11.2. The molecule has 1 saturated carbocycles. The number of rotatable bonds is 0. The zero-order valence-electron chi connectivity index (χ0n) is 6.93. The topological polar surface area (TPSA) is 34.1 Å². The summed E-state index contributed by atoms with van der Waals surface area (Å²) in [4.78, 5) is 22.3. The fraction of sp³-hybridized carbons (Fsp3) is 0.778. The SMILES string of the molecule is CC1C(=O)CCCCCC1=O. The molecule has 62 valence electrons. The van der Waals surface area contributed by atoms with Crippen molar-refractivity contribution < 1.29 is 9.59 Å². The lowest BCUT2D eigenvalue weighted by atomic mass is 9.90. The van der Waals surface area contributed by atoms with Crippen LogP contribution in [0.15, 0.2) is 0 Å². The van der Waals surface area contributed by atoms with Crippen LogP contribution in [-0.2, 0) is 9.59 Å². The quantitative estimate of drug-likeness (QED) is 0.498. The molecule has 0 saturated heterocycles. The largest absolute Gasteiger partial charge is 0.299 e. The Hall–Kier alpha value is -0.660. The van der Waals surface area contributed by atoms with Crippen molar-refractivity contribution in [3.8, 4) is 0 Å². The minimum absolute atomic E-state index is 0.134. The third-order valence-corrected chi connectivity index (χ3v) is 2.31. The standard InChI is InChI=1S/C9H14O2/c1-7-8(10)5-3-2-4-6-9(7)11/h7H,2-6H2,1H3. The Morgan fingerprint density at radius 2 is 1.45 bits per heavy atom. The predicted molar refractivity (Wildman–Crippen MR) is 42.3 cm³/mol. The van der Waals surface area contributed by atoms with Crippen LogP contribution in [0, 0.1) is 5.92 Å². The van der Waals surface area contributed by atoms with E-state index in [9.17, 15) is 9.59 Å². The second-order valence-electron chi connectivity index (χ2n) is 3.21. The van der Waals surface area contributed by atoms with E-state index < -0.39 is 0 Å².